The quantitative estimate of drug-likeness (QED) is 0.880. The fourth-order valence-corrected chi connectivity index (χ4v) is 2.95. The van der Waals surface area contributed by atoms with Crippen molar-refractivity contribution in [1.82, 2.24) is 4.98 Å². The van der Waals surface area contributed by atoms with Crippen molar-refractivity contribution < 1.29 is 9.47 Å². The maximum absolute atomic E-state index is 5.53. The molecule has 3 nitrogen and oxygen atoms in total. The summed E-state index contributed by atoms with van der Waals surface area (Å²) in [5.41, 5.74) is 3.93. The van der Waals surface area contributed by atoms with Gasteiger partial charge in [-0.25, -0.2) is 0 Å². The molecule has 0 fully saturated rings. The molecule has 1 unspecified atom stereocenters. The highest BCUT2D eigenvalue weighted by atomic mass is 16.5. The molecule has 1 aromatic heterocycles. The summed E-state index contributed by atoms with van der Waals surface area (Å²) in [5.74, 6) is 2.50. The standard InChI is InChI=1S/C15H19NO2/c1-9-4-5-12-11(6-9)15-13(16-12)7-10(17-2)8-14(15)18-3/h7-9,16H,4-6H2,1-3H3. The Balaban J connectivity index is 2.26. The lowest BCUT2D eigenvalue weighted by atomic mass is 9.87. The molecular weight excluding hydrogens is 226 g/mol. The Morgan fingerprint density at radius 1 is 1.22 bits per heavy atom. The topological polar surface area (TPSA) is 34.2 Å². The molecule has 2 aromatic rings. The lowest BCUT2D eigenvalue weighted by molar-refractivity contribution is 0.397. The van der Waals surface area contributed by atoms with Crippen molar-refractivity contribution in [3.05, 3.63) is 23.4 Å². The average Bonchev–Trinajstić information content (AvgIpc) is 2.75. The van der Waals surface area contributed by atoms with Crippen LogP contribution < -0.4 is 9.47 Å². The van der Waals surface area contributed by atoms with Crippen LogP contribution in [0.2, 0.25) is 0 Å². The first-order valence-corrected chi connectivity index (χ1v) is 6.48. The van der Waals surface area contributed by atoms with E-state index in [4.69, 9.17) is 9.47 Å². The van der Waals surface area contributed by atoms with Crippen molar-refractivity contribution in [2.75, 3.05) is 14.2 Å². The molecule has 0 aliphatic heterocycles. The van der Waals surface area contributed by atoms with Gasteiger partial charge in [-0.05, 0) is 30.7 Å². The molecule has 0 saturated heterocycles. The highest BCUT2D eigenvalue weighted by Crippen LogP contribution is 2.39. The van der Waals surface area contributed by atoms with Crippen LogP contribution in [0.4, 0.5) is 0 Å². The highest BCUT2D eigenvalue weighted by Gasteiger charge is 2.22. The largest absolute Gasteiger partial charge is 0.497 e. The van der Waals surface area contributed by atoms with Crippen LogP contribution in [-0.2, 0) is 12.8 Å². The summed E-state index contributed by atoms with van der Waals surface area (Å²) >= 11 is 0. The Bertz CT molecular complexity index is 586. The van der Waals surface area contributed by atoms with Crippen LogP contribution in [0.25, 0.3) is 10.9 Å². The zero-order chi connectivity index (χ0) is 12.7. The molecule has 1 heterocycles. The predicted molar refractivity (Wildman–Crippen MR) is 72.6 cm³/mol. The molecule has 3 rings (SSSR count). The van der Waals surface area contributed by atoms with E-state index in [0.717, 1.165) is 35.8 Å². The minimum Gasteiger partial charge on any atom is -0.497 e. The van der Waals surface area contributed by atoms with Gasteiger partial charge in [0.15, 0.2) is 0 Å². The Hall–Kier alpha value is -1.64. The van der Waals surface area contributed by atoms with Crippen LogP contribution >= 0.6 is 0 Å². The summed E-state index contributed by atoms with van der Waals surface area (Å²) in [5, 5.41) is 1.24. The Labute approximate surface area is 107 Å². The van der Waals surface area contributed by atoms with Gasteiger partial charge in [-0.1, -0.05) is 6.92 Å². The molecule has 0 spiro atoms. The normalized spacial score (nSPS) is 18.7. The van der Waals surface area contributed by atoms with E-state index in [0.29, 0.717) is 0 Å². The summed E-state index contributed by atoms with van der Waals surface area (Å²) in [4.78, 5) is 3.53. The molecule has 1 N–H and O–H groups in total. The molecule has 3 heteroatoms. The fourth-order valence-electron chi connectivity index (χ4n) is 2.95. The van der Waals surface area contributed by atoms with E-state index in [-0.39, 0.29) is 0 Å². The number of H-pyrrole nitrogens is 1. The third kappa shape index (κ3) is 1.65. The molecule has 1 atom stereocenters. The molecule has 1 aliphatic carbocycles. The molecule has 18 heavy (non-hydrogen) atoms. The summed E-state index contributed by atoms with van der Waals surface area (Å²) in [7, 11) is 3.41. The van der Waals surface area contributed by atoms with E-state index >= 15 is 0 Å². The number of rotatable bonds is 2. The summed E-state index contributed by atoms with van der Waals surface area (Å²) in [6.07, 6.45) is 3.54. The number of aromatic nitrogens is 1. The van der Waals surface area contributed by atoms with Crippen LogP contribution in [0.5, 0.6) is 11.5 Å². The summed E-state index contributed by atoms with van der Waals surface area (Å²) in [6, 6.07) is 4.02. The monoisotopic (exact) mass is 245 g/mol. The molecule has 0 bridgehead atoms. The maximum Gasteiger partial charge on any atom is 0.132 e. The van der Waals surface area contributed by atoms with Crippen molar-refractivity contribution in [3.63, 3.8) is 0 Å². The van der Waals surface area contributed by atoms with Gasteiger partial charge < -0.3 is 14.5 Å². The van der Waals surface area contributed by atoms with E-state index in [1.165, 1.54) is 23.1 Å². The molecule has 1 aromatic carbocycles. The number of ether oxygens (including phenoxy) is 2. The van der Waals surface area contributed by atoms with Crippen molar-refractivity contribution in [3.8, 4) is 11.5 Å². The Morgan fingerprint density at radius 3 is 2.78 bits per heavy atom. The third-order valence-corrected chi connectivity index (χ3v) is 3.92. The number of benzene rings is 1. The van der Waals surface area contributed by atoms with Gasteiger partial charge >= 0.3 is 0 Å². The van der Waals surface area contributed by atoms with Crippen molar-refractivity contribution in [1.29, 1.82) is 0 Å². The SMILES string of the molecule is COc1cc(OC)c2c3c([nH]c2c1)CCC(C)C3. The number of methoxy groups -OCH3 is 2. The molecule has 0 saturated carbocycles. The zero-order valence-electron chi connectivity index (χ0n) is 11.2. The van der Waals surface area contributed by atoms with Crippen LogP contribution in [0.1, 0.15) is 24.6 Å². The van der Waals surface area contributed by atoms with Gasteiger partial charge in [0, 0.05) is 23.2 Å². The van der Waals surface area contributed by atoms with Gasteiger partial charge in [0.1, 0.15) is 11.5 Å². The van der Waals surface area contributed by atoms with E-state index in [1.807, 2.05) is 6.07 Å². The van der Waals surface area contributed by atoms with Crippen LogP contribution in [0.3, 0.4) is 0 Å². The van der Waals surface area contributed by atoms with Gasteiger partial charge in [-0.15, -0.1) is 0 Å². The first-order valence-electron chi connectivity index (χ1n) is 6.48. The molecule has 0 amide bonds. The van der Waals surface area contributed by atoms with Crippen LogP contribution in [0, 0.1) is 5.92 Å². The van der Waals surface area contributed by atoms with Gasteiger partial charge in [0.2, 0.25) is 0 Å². The van der Waals surface area contributed by atoms with Gasteiger partial charge in [-0.3, -0.25) is 0 Å². The van der Waals surface area contributed by atoms with E-state index in [1.54, 1.807) is 14.2 Å². The number of fused-ring (bicyclic) bond motifs is 3. The second-order valence-corrected chi connectivity index (χ2v) is 5.18. The van der Waals surface area contributed by atoms with E-state index in [9.17, 15) is 0 Å². The summed E-state index contributed by atoms with van der Waals surface area (Å²) in [6.45, 7) is 2.32. The number of nitrogens with one attached hydrogen (secondary N) is 1. The zero-order valence-corrected chi connectivity index (χ0v) is 11.2. The minimum absolute atomic E-state index is 0.753. The molecular formula is C15H19NO2. The maximum atomic E-state index is 5.53. The van der Waals surface area contributed by atoms with Gasteiger partial charge in [-0.2, -0.15) is 0 Å². The second kappa shape index (κ2) is 4.23. The molecule has 96 valence electrons. The highest BCUT2D eigenvalue weighted by molar-refractivity contribution is 5.92. The van der Waals surface area contributed by atoms with E-state index in [2.05, 4.69) is 18.0 Å². The second-order valence-electron chi connectivity index (χ2n) is 5.18. The number of aryl methyl sites for hydroxylation is 1. The summed E-state index contributed by atoms with van der Waals surface area (Å²) < 4.78 is 10.8. The minimum atomic E-state index is 0.753. The smallest absolute Gasteiger partial charge is 0.132 e. The predicted octanol–water partition coefficient (Wildman–Crippen LogP) is 3.31. The lowest BCUT2D eigenvalue weighted by Crippen LogP contribution is -2.10. The van der Waals surface area contributed by atoms with Crippen LogP contribution in [0.15, 0.2) is 12.1 Å². The fraction of sp³-hybridized carbons (Fsp3) is 0.467. The van der Waals surface area contributed by atoms with Gasteiger partial charge in [0.25, 0.3) is 0 Å². The van der Waals surface area contributed by atoms with Crippen molar-refractivity contribution >= 4 is 10.9 Å². The van der Waals surface area contributed by atoms with Crippen molar-refractivity contribution in [2.24, 2.45) is 5.92 Å². The molecule has 0 radical (unpaired) electrons. The number of hydrogen-bond donors (Lipinski definition) is 1. The van der Waals surface area contributed by atoms with Gasteiger partial charge in [0.05, 0.1) is 19.7 Å². The lowest BCUT2D eigenvalue weighted by Gasteiger charge is -2.18. The van der Waals surface area contributed by atoms with Crippen LogP contribution in [-0.4, -0.2) is 19.2 Å². The number of hydrogen-bond acceptors (Lipinski definition) is 2. The Kier molecular flexibility index (Phi) is 2.69. The Morgan fingerprint density at radius 2 is 2.06 bits per heavy atom. The average molecular weight is 245 g/mol. The van der Waals surface area contributed by atoms with E-state index < -0.39 is 0 Å². The first-order chi connectivity index (χ1) is 8.72. The first kappa shape index (κ1) is 11.5. The number of aromatic amines is 1. The third-order valence-electron chi connectivity index (χ3n) is 3.92. The molecule has 1 aliphatic rings. The van der Waals surface area contributed by atoms with Crippen molar-refractivity contribution in [2.45, 2.75) is 26.2 Å².